The molecule has 0 aromatic heterocycles. The molecule has 0 spiro atoms. The Bertz CT molecular complexity index is 1040. The van der Waals surface area contributed by atoms with Gasteiger partial charge in [0.15, 0.2) is 0 Å². The van der Waals surface area contributed by atoms with Gasteiger partial charge in [-0.1, -0.05) is 69.7 Å². The topological polar surface area (TPSA) is 86.8 Å². The molecule has 0 aliphatic heterocycles. The first-order valence-corrected chi connectivity index (χ1v) is 14.2. The van der Waals surface area contributed by atoms with Crippen molar-refractivity contribution in [1.29, 1.82) is 0 Å². The van der Waals surface area contributed by atoms with Gasteiger partial charge >= 0.3 is 0 Å². The van der Waals surface area contributed by atoms with Crippen LogP contribution in [0.25, 0.3) is 0 Å². The van der Waals surface area contributed by atoms with E-state index in [1.807, 2.05) is 63.2 Å². The van der Waals surface area contributed by atoms with Crippen molar-refractivity contribution < 1.29 is 18.0 Å². The molecule has 0 bridgehead atoms. The van der Waals surface area contributed by atoms with Gasteiger partial charge in [-0.2, -0.15) is 0 Å². The van der Waals surface area contributed by atoms with E-state index in [0.717, 1.165) is 41.0 Å². The molecule has 2 aromatic rings. The number of sulfonamides is 1. The fourth-order valence-corrected chi connectivity index (χ4v) is 4.76. The first kappa shape index (κ1) is 28.4. The second-order valence-electron chi connectivity index (χ2n) is 8.68. The minimum Gasteiger partial charge on any atom is -0.354 e. The molecule has 7 nitrogen and oxygen atoms in total. The molecule has 0 saturated heterocycles. The number of benzene rings is 2. The summed E-state index contributed by atoms with van der Waals surface area (Å²) in [6, 6.07) is 16.2. The summed E-state index contributed by atoms with van der Waals surface area (Å²) < 4.78 is 26.4. The Morgan fingerprint density at radius 2 is 1.60 bits per heavy atom. The van der Waals surface area contributed by atoms with Crippen LogP contribution in [0.2, 0.25) is 0 Å². The average Bonchev–Trinajstić information content (AvgIpc) is 2.85. The fraction of sp³-hybridized carbons (Fsp3) is 0.481. The maximum absolute atomic E-state index is 13.6. The smallest absolute Gasteiger partial charge is 0.244 e. The Morgan fingerprint density at radius 1 is 0.943 bits per heavy atom. The number of anilines is 1. The summed E-state index contributed by atoms with van der Waals surface area (Å²) in [6.07, 6.45) is 4.73. The maximum atomic E-state index is 13.6. The predicted octanol–water partition coefficient (Wildman–Crippen LogP) is 3.78. The largest absolute Gasteiger partial charge is 0.354 e. The molecule has 0 radical (unpaired) electrons. The van der Waals surface area contributed by atoms with Gasteiger partial charge in [0.25, 0.3) is 0 Å². The maximum Gasteiger partial charge on any atom is 0.244 e. The van der Waals surface area contributed by atoms with Crippen LogP contribution in [0, 0.1) is 0 Å². The lowest BCUT2D eigenvalue weighted by Gasteiger charge is -2.33. The van der Waals surface area contributed by atoms with Gasteiger partial charge in [0.1, 0.15) is 12.6 Å². The molecule has 0 saturated carbocycles. The molecular formula is C27H39N3O4S. The van der Waals surface area contributed by atoms with Crippen molar-refractivity contribution in [1.82, 2.24) is 10.2 Å². The SMILES string of the molecule is CCCCNC(=O)[C@@H](CC)N(CCc1ccccc1)C(=O)CN(c1ccc(CC)cc1)S(C)(=O)=O. The van der Waals surface area contributed by atoms with Crippen LogP contribution in [-0.4, -0.2) is 57.1 Å². The number of carbonyl (C=O) groups is 2. The summed E-state index contributed by atoms with van der Waals surface area (Å²) in [6.45, 7) is 6.43. The van der Waals surface area contributed by atoms with Gasteiger partial charge in [0, 0.05) is 13.1 Å². The van der Waals surface area contributed by atoms with Crippen LogP contribution in [-0.2, 0) is 32.5 Å². The Morgan fingerprint density at radius 3 is 2.14 bits per heavy atom. The molecule has 2 aromatic carbocycles. The minimum absolute atomic E-state index is 0.208. The van der Waals surface area contributed by atoms with Crippen molar-refractivity contribution >= 4 is 27.5 Å². The first-order valence-electron chi connectivity index (χ1n) is 12.4. The first-order chi connectivity index (χ1) is 16.7. The molecule has 0 heterocycles. The number of carbonyl (C=O) groups excluding carboxylic acids is 2. The standard InChI is InChI=1S/C27H39N3O4S/c1-5-8-19-28-27(32)25(7-3)29(20-18-23-12-10-9-11-13-23)26(31)21-30(35(4,33)34)24-16-14-22(6-2)15-17-24/h9-17,25H,5-8,18-21H2,1-4H3,(H,28,32)/t25-/m1/s1. The molecule has 35 heavy (non-hydrogen) atoms. The van der Waals surface area contributed by atoms with Crippen LogP contribution >= 0.6 is 0 Å². The summed E-state index contributed by atoms with van der Waals surface area (Å²) in [5.74, 6) is -0.607. The van der Waals surface area contributed by atoms with E-state index in [-0.39, 0.29) is 12.5 Å². The quantitative estimate of drug-likeness (QED) is 0.399. The summed E-state index contributed by atoms with van der Waals surface area (Å²) in [4.78, 5) is 28.1. The number of nitrogens with one attached hydrogen (secondary N) is 1. The van der Waals surface area contributed by atoms with Crippen molar-refractivity contribution in [2.75, 3.05) is 30.2 Å². The number of rotatable bonds is 14. The molecule has 1 N–H and O–H groups in total. The van der Waals surface area contributed by atoms with Crippen LogP contribution in [0.3, 0.4) is 0 Å². The van der Waals surface area contributed by atoms with E-state index in [1.54, 1.807) is 12.1 Å². The highest BCUT2D eigenvalue weighted by Crippen LogP contribution is 2.20. The van der Waals surface area contributed by atoms with Crippen molar-refractivity contribution in [2.24, 2.45) is 0 Å². The Labute approximate surface area is 210 Å². The molecule has 8 heteroatoms. The van der Waals surface area contributed by atoms with Gasteiger partial charge in [-0.15, -0.1) is 0 Å². The molecule has 192 valence electrons. The number of hydrogen-bond donors (Lipinski definition) is 1. The van der Waals surface area contributed by atoms with Crippen LogP contribution in [0.15, 0.2) is 54.6 Å². The third-order valence-corrected chi connectivity index (χ3v) is 7.15. The van der Waals surface area contributed by atoms with Gasteiger partial charge in [-0.3, -0.25) is 13.9 Å². The van der Waals surface area contributed by atoms with Gasteiger partial charge in [-0.05, 0) is 48.9 Å². The Kier molecular flexibility index (Phi) is 11.2. The molecule has 0 aliphatic rings. The molecule has 2 rings (SSSR count). The highest BCUT2D eigenvalue weighted by atomic mass is 32.2. The number of nitrogens with zero attached hydrogens (tertiary/aromatic N) is 2. The van der Waals surface area contributed by atoms with Gasteiger partial charge < -0.3 is 10.2 Å². The Balaban J connectivity index is 2.31. The van der Waals surface area contributed by atoms with E-state index >= 15 is 0 Å². The van der Waals surface area contributed by atoms with Gasteiger partial charge in [0.05, 0.1) is 11.9 Å². The number of hydrogen-bond acceptors (Lipinski definition) is 4. The van der Waals surface area contributed by atoms with Crippen LogP contribution < -0.4 is 9.62 Å². The zero-order chi connectivity index (χ0) is 25.8. The minimum atomic E-state index is -3.72. The Hall–Kier alpha value is -2.87. The summed E-state index contributed by atoms with van der Waals surface area (Å²) >= 11 is 0. The van der Waals surface area contributed by atoms with Crippen molar-refractivity contribution in [3.05, 3.63) is 65.7 Å². The van der Waals surface area contributed by atoms with Crippen LogP contribution in [0.5, 0.6) is 0 Å². The van der Waals surface area contributed by atoms with E-state index < -0.39 is 22.0 Å². The monoisotopic (exact) mass is 501 g/mol. The number of aryl methyl sites for hydroxylation is 1. The third-order valence-electron chi connectivity index (χ3n) is 6.01. The highest BCUT2D eigenvalue weighted by molar-refractivity contribution is 7.92. The fourth-order valence-electron chi connectivity index (χ4n) is 3.91. The zero-order valence-corrected chi connectivity index (χ0v) is 22.2. The molecule has 2 amide bonds. The predicted molar refractivity (Wildman–Crippen MR) is 142 cm³/mol. The van der Waals surface area contributed by atoms with E-state index in [0.29, 0.717) is 31.6 Å². The van der Waals surface area contributed by atoms with Crippen molar-refractivity contribution in [3.8, 4) is 0 Å². The molecule has 0 unspecified atom stereocenters. The summed E-state index contributed by atoms with van der Waals surface area (Å²) in [7, 11) is -3.72. The van der Waals surface area contributed by atoms with Gasteiger partial charge in [-0.25, -0.2) is 8.42 Å². The second kappa shape index (κ2) is 13.9. The van der Waals surface area contributed by atoms with E-state index in [1.165, 1.54) is 4.90 Å². The zero-order valence-electron chi connectivity index (χ0n) is 21.4. The number of unbranched alkanes of at least 4 members (excludes halogenated alkanes) is 1. The van der Waals surface area contributed by atoms with Crippen molar-refractivity contribution in [2.45, 2.75) is 58.9 Å². The molecule has 0 aliphatic carbocycles. The van der Waals surface area contributed by atoms with Crippen LogP contribution in [0.1, 0.15) is 51.2 Å². The van der Waals surface area contributed by atoms with E-state index in [2.05, 4.69) is 5.32 Å². The van der Waals surface area contributed by atoms with E-state index in [4.69, 9.17) is 0 Å². The molecular weight excluding hydrogens is 462 g/mol. The lowest BCUT2D eigenvalue weighted by molar-refractivity contribution is -0.139. The second-order valence-corrected chi connectivity index (χ2v) is 10.6. The summed E-state index contributed by atoms with van der Waals surface area (Å²) in [5, 5.41) is 2.93. The molecule has 0 fully saturated rings. The van der Waals surface area contributed by atoms with E-state index in [9.17, 15) is 18.0 Å². The summed E-state index contributed by atoms with van der Waals surface area (Å²) in [5.41, 5.74) is 2.55. The normalized spacial score (nSPS) is 12.1. The van der Waals surface area contributed by atoms with Gasteiger partial charge in [0.2, 0.25) is 21.8 Å². The average molecular weight is 502 g/mol. The highest BCUT2D eigenvalue weighted by Gasteiger charge is 2.31. The van der Waals surface area contributed by atoms with Crippen LogP contribution in [0.4, 0.5) is 5.69 Å². The lowest BCUT2D eigenvalue weighted by atomic mass is 10.1. The lowest BCUT2D eigenvalue weighted by Crippen LogP contribution is -2.53. The van der Waals surface area contributed by atoms with Crippen molar-refractivity contribution in [3.63, 3.8) is 0 Å². The number of amides is 2. The third kappa shape index (κ3) is 8.69. The molecule has 1 atom stereocenters.